The number of guanidine groups is 1. The van der Waals surface area contributed by atoms with Crippen molar-refractivity contribution in [3.63, 3.8) is 0 Å². The molecule has 2 heterocycles. The quantitative estimate of drug-likeness (QED) is 0.558. The first kappa shape index (κ1) is 19.5. The second-order valence-corrected chi connectivity index (χ2v) is 7.00. The summed E-state index contributed by atoms with van der Waals surface area (Å²) in [5, 5.41) is 6.64. The van der Waals surface area contributed by atoms with Crippen molar-refractivity contribution in [1.29, 1.82) is 0 Å². The Hall–Kier alpha value is -1.82. The van der Waals surface area contributed by atoms with E-state index in [2.05, 4.69) is 41.4 Å². The number of nitrogens with zero attached hydrogens (tertiary/aromatic N) is 2. The van der Waals surface area contributed by atoms with Gasteiger partial charge in [0.1, 0.15) is 0 Å². The van der Waals surface area contributed by atoms with E-state index < -0.39 is 0 Å². The lowest BCUT2D eigenvalue weighted by molar-refractivity contribution is 0.114. The Kier molecular flexibility index (Phi) is 7.98. The van der Waals surface area contributed by atoms with Gasteiger partial charge in [-0.3, -0.25) is 4.99 Å². The highest BCUT2D eigenvalue weighted by atomic mass is 16.5. The van der Waals surface area contributed by atoms with Crippen molar-refractivity contribution < 1.29 is 9.47 Å². The third-order valence-corrected chi connectivity index (χ3v) is 4.13. The Balaban J connectivity index is 1.79. The fraction of sp³-hybridized carbons (Fsp3) is 0.684. The molecule has 0 bridgehead atoms. The minimum atomic E-state index is 0.163. The highest BCUT2D eigenvalue weighted by molar-refractivity contribution is 5.79. The number of ether oxygens (including phenoxy) is 2. The molecule has 1 aromatic rings. The van der Waals surface area contributed by atoms with Crippen molar-refractivity contribution in [2.75, 3.05) is 20.2 Å². The maximum Gasteiger partial charge on any atom is 0.213 e. The SMILES string of the molecule is CN=C(NCc1ccnc(OC(C)CC(C)C)c1)NCC1CCCO1. The first-order chi connectivity index (χ1) is 12.1. The molecule has 25 heavy (non-hydrogen) atoms. The summed E-state index contributed by atoms with van der Waals surface area (Å²) in [6, 6.07) is 3.97. The van der Waals surface area contributed by atoms with Gasteiger partial charge in [0.05, 0.1) is 12.2 Å². The first-order valence-electron chi connectivity index (χ1n) is 9.24. The second-order valence-electron chi connectivity index (χ2n) is 7.00. The van der Waals surface area contributed by atoms with Gasteiger partial charge < -0.3 is 20.1 Å². The standard InChI is InChI=1S/C19H32N4O2/c1-14(2)10-15(3)25-18-11-16(7-8-21-18)12-22-19(20-4)23-13-17-6-5-9-24-17/h7-8,11,14-15,17H,5-6,9-10,12-13H2,1-4H3,(H2,20,22,23). The Morgan fingerprint density at radius 2 is 2.24 bits per heavy atom. The Morgan fingerprint density at radius 1 is 1.40 bits per heavy atom. The minimum absolute atomic E-state index is 0.163. The number of pyridine rings is 1. The third kappa shape index (κ3) is 7.30. The Bertz CT molecular complexity index is 542. The van der Waals surface area contributed by atoms with Gasteiger partial charge in [-0.15, -0.1) is 0 Å². The van der Waals surface area contributed by atoms with Crippen LogP contribution in [0.2, 0.25) is 0 Å². The molecule has 0 saturated carbocycles. The lowest BCUT2D eigenvalue weighted by Crippen LogP contribution is -2.40. The van der Waals surface area contributed by atoms with Gasteiger partial charge in [0.25, 0.3) is 0 Å². The number of hydrogen-bond acceptors (Lipinski definition) is 4. The summed E-state index contributed by atoms with van der Waals surface area (Å²) in [4.78, 5) is 8.57. The van der Waals surface area contributed by atoms with E-state index in [9.17, 15) is 0 Å². The average molecular weight is 348 g/mol. The van der Waals surface area contributed by atoms with Crippen molar-refractivity contribution in [2.45, 2.75) is 58.8 Å². The van der Waals surface area contributed by atoms with Gasteiger partial charge in [-0.05, 0) is 43.7 Å². The molecule has 140 valence electrons. The van der Waals surface area contributed by atoms with Gasteiger partial charge in [-0.1, -0.05) is 13.8 Å². The van der Waals surface area contributed by atoms with Crippen molar-refractivity contribution in [2.24, 2.45) is 10.9 Å². The van der Waals surface area contributed by atoms with Crippen molar-refractivity contribution in [1.82, 2.24) is 15.6 Å². The van der Waals surface area contributed by atoms with Crippen LogP contribution in [0.5, 0.6) is 5.88 Å². The van der Waals surface area contributed by atoms with Crippen molar-refractivity contribution in [3.05, 3.63) is 23.9 Å². The normalized spacial score (nSPS) is 19.1. The Labute approximate surface area is 151 Å². The van der Waals surface area contributed by atoms with E-state index in [-0.39, 0.29) is 6.10 Å². The molecule has 0 aromatic carbocycles. The fourth-order valence-electron chi connectivity index (χ4n) is 2.97. The summed E-state index contributed by atoms with van der Waals surface area (Å²) in [6.07, 6.45) is 5.52. The summed E-state index contributed by atoms with van der Waals surface area (Å²) in [5.41, 5.74) is 1.11. The lowest BCUT2D eigenvalue weighted by Gasteiger charge is -2.17. The topological polar surface area (TPSA) is 67.8 Å². The van der Waals surface area contributed by atoms with Crippen LogP contribution in [0.1, 0.15) is 45.6 Å². The largest absolute Gasteiger partial charge is 0.475 e. The highest BCUT2D eigenvalue weighted by Crippen LogP contribution is 2.15. The molecule has 1 fully saturated rings. The highest BCUT2D eigenvalue weighted by Gasteiger charge is 2.15. The maximum absolute atomic E-state index is 5.91. The van der Waals surface area contributed by atoms with Crippen LogP contribution >= 0.6 is 0 Å². The van der Waals surface area contributed by atoms with Crippen molar-refractivity contribution >= 4 is 5.96 Å². The number of aromatic nitrogens is 1. The molecule has 0 amide bonds. The summed E-state index contributed by atoms with van der Waals surface area (Å²) in [6.45, 7) is 8.81. The molecule has 2 atom stereocenters. The fourth-order valence-corrected chi connectivity index (χ4v) is 2.97. The monoisotopic (exact) mass is 348 g/mol. The summed E-state index contributed by atoms with van der Waals surface area (Å²) in [7, 11) is 1.78. The Morgan fingerprint density at radius 3 is 2.92 bits per heavy atom. The lowest BCUT2D eigenvalue weighted by atomic mass is 10.1. The van der Waals surface area contributed by atoms with Crippen LogP contribution in [0, 0.1) is 5.92 Å². The van der Waals surface area contributed by atoms with E-state index in [1.165, 1.54) is 0 Å². The van der Waals surface area contributed by atoms with E-state index in [0.717, 1.165) is 43.9 Å². The predicted molar refractivity (Wildman–Crippen MR) is 101 cm³/mol. The zero-order valence-electron chi connectivity index (χ0n) is 15.9. The van der Waals surface area contributed by atoms with Gasteiger partial charge in [-0.25, -0.2) is 4.98 Å². The molecule has 6 nitrogen and oxygen atoms in total. The molecular weight excluding hydrogens is 316 g/mol. The van der Waals surface area contributed by atoms with E-state index in [0.29, 0.717) is 24.4 Å². The molecule has 1 saturated heterocycles. The summed E-state index contributed by atoms with van der Waals surface area (Å²) in [5.74, 6) is 2.07. The molecule has 6 heteroatoms. The van der Waals surface area contributed by atoms with Gasteiger partial charge >= 0.3 is 0 Å². The summed E-state index contributed by atoms with van der Waals surface area (Å²) >= 11 is 0. The van der Waals surface area contributed by atoms with E-state index in [1.54, 1.807) is 13.2 Å². The molecule has 1 aliphatic rings. The van der Waals surface area contributed by atoms with Crippen LogP contribution in [0.4, 0.5) is 0 Å². The molecule has 1 aromatic heterocycles. The average Bonchev–Trinajstić information content (AvgIpc) is 3.08. The van der Waals surface area contributed by atoms with Crippen LogP contribution in [-0.2, 0) is 11.3 Å². The zero-order chi connectivity index (χ0) is 18.1. The number of hydrogen-bond donors (Lipinski definition) is 2. The van der Waals surface area contributed by atoms with Crippen LogP contribution in [0.25, 0.3) is 0 Å². The van der Waals surface area contributed by atoms with Gasteiger partial charge in [0.15, 0.2) is 5.96 Å². The first-order valence-corrected chi connectivity index (χ1v) is 9.24. The minimum Gasteiger partial charge on any atom is -0.475 e. The molecule has 0 spiro atoms. The van der Waals surface area contributed by atoms with Gasteiger partial charge in [0, 0.05) is 39.0 Å². The van der Waals surface area contributed by atoms with Crippen LogP contribution in [0.3, 0.4) is 0 Å². The van der Waals surface area contributed by atoms with Crippen LogP contribution in [-0.4, -0.2) is 43.4 Å². The molecule has 1 aliphatic heterocycles. The van der Waals surface area contributed by atoms with Gasteiger partial charge in [-0.2, -0.15) is 0 Å². The smallest absolute Gasteiger partial charge is 0.213 e. The third-order valence-electron chi connectivity index (χ3n) is 4.13. The van der Waals surface area contributed by atoms with Crippen LogP contribution < -0.4 is 15.4 Å². The second kappa shape index (κ2) is 10.2. The van der Waals surface area contributed by atoms with E-state index in [1.807, 2.05) is 12.1 Å². The molecule has 2 rings (SSSR count). The number of nitrogens with one attached hydrogen (secondary N) is 2. The maximum atomic E-state index is 5.91. The summed E-state index contributed by atoms with van der Waals surface area (Å²) < 4.78 is 11.5. The molecule has 0 radical (unpaired) electrons. The molecule has 2 N–H and O–H groups in total. The van der Waals surface area contributed by atoms with Crippen LogP contribution in [0.15, 0.2) is 23.3 Å². The molecule has 0 aliphatic carbocycles. The molecule has 2 unspecified atom stereocenters. The van der Waals surface area contributed by atoms with Gasteiger partial charge in [0.2, 0.25) is 5.88 Å². The number of rotatable bonds is 8. The zero-order valence-corrected chi connectivity index (χ0v) is 15.9. The predicted octanol–water partition coefficient (Wildman–Crippen LogP) is 2.74. The van der Waals surface area contributed by atoms with E-state index >= 15 is 0 Å². The molecular formula is C19H32N4O2. The van der Waals surface area contributed by atoms with E-state index in [4.69, 9.17) is 9.47 Å². The number of aliphatic imine (C=N–C) groups is 1. The van der Waals surface area contributed by atoms with Crippen molar-refractivity contribution in [3.8, 4) is 5.88 Å².